The summed E-state index contributed by atoms with van der Waals surface area (Å²) in [6.07, 6.45) is 9.41. The van der Waals surface area contributed by atoms with Crippen LogP contribution in [0, 0.1) is 0 Å². The fourth-order valence-corrected chi connectivity index (χ4v) is 6.42. The summed E-state index contributed by atoms with van der Waals surface area (Å²) in [4.78, 5) is 38.1. The summed E-state index contributed by atoms with van der Waals surface area (Å²) < 4.78 is 14.7. The van der Waals surface area contributed by atoms with Crippen molar-refractivity contribution in [3.05, 3.63) is 42.4 Å². The molecule has 2 aliphatic heterocycles. The molecule has 3 aliphatic rings. The molecule has 1 saturated carbocycles. The molecule has 2 N–H and O–H groups in total. The van der Waals surface area contributed by atoms with Crippen LogP contribution in [0.5, 0.6) is 0 Å². The summed E-state index contributed by atoms with van der Waals surface area (Å²) >= 11 is 0. The molecule has 4 aromatic rings. The van der Waals surface area contributed by atoms with Crippen LogP contribution in [0.2, 0.25) is 0 Å². The number of likely N-dealkylation sites (tertiary alicyclic amines) is 1. The number of pyridine rings is 1. The van der Waals surface area contributed by atoms with Gasteiger partial charge in [0.2, 0.25) is 5.91 Å². The number of hydrogen-bond acceptors (Lipinski definition) is 8. The summed E-state index contributed by atoms with van der Waals surface area (Å²) in [5.41, 5.74) is 3.25. The first-order valence-corrected chi connectivity index (χ1v) is 14.3. The summed E-state index contributed by atoms with van der Waals surface area (Å²) in [5, 5.41) is 11.7. The highest BCUT2D eigenvalue weighted by molar-refractivity contribution is 6.01. The second-order valence-electron chi connectivity index (χ2n) is 11.1. The third-order valence-corrected chi connectivity index (χ3v) is 8.83. The Labute approximate surface area is 237 Å². The molecule has 0 radical (unpaired) electrons. The zero-order chi connectivity index (χ0) is 28.1. The molecule has 0 spiro atoms. The summed E-state index contributed by atoms with van der Waals surface area (Å²) in [6.45, 7) is 2.04. The molecule has 214 valence electrons. The topological polar surface area (TPSA) is 128 Å². The van der Waals surface area contributed by atoms with E-state index in [1.54, 1.807) is 24.0 Å². The van der Waals surface area contributed by atoms with Gasteiger partial charge < -0.3 is 29.6 Å². The normalized spacial score (nSPS) is 23.3. The first-order chi connectivity index (χ1) is 20.1. The van der Waals surface area contributed by atoms with Crippen molar-refractivity contribution in [3.8, 4) is 11.3 Å². The lowest BCUT2D eigenvalue weighted by atomic mass is 9.89. The number of anilines is 1. The smallest absolute Gasteiger partial charge is 0.257 e. The van der Waals surface area contributed by atoms with E-state index in [0.717, 1.165) is 42.3 Å². The van der Waals surface area contributed by atoms with Gasteiger partial charge in [0.05, 0.1) is 30.1 Å². The number of methoxy groups -OCH3 is 1. The molecule has 0 unspecified atom stereocenters. The van der Waals surface area contributed by atoms with Crippen molar-refractivity contribution >= 4 is 34.3 Å². The number of nitrogens with zero attached hydrogens (tertiary/aromatic N) is 6. The van der Waals surface area contributed by atoms with Gasteiger partial charge in [0.15, 0.2) is 5.65 Å². The van der Waals surface area contributed by atoms with E-state index in [1.165, 1.54) is 0 Å². The van der Waals surface area contributed by atoms with E-state index >= 15 is 0 Å². The second-order valence-corrected chi connectivity index (χ2v) is 11.1. The van der Waals surface area contributed by atoms with E-state index in [-0.39, 0.29) is 36.0 Å². The predicted octanol–water partition coefficient (Wildman–Crippen LogP) is 2.65. The number of carbonyl (C=O) groups excluding carboxylic acids is 2. The van der Waals surface area contributed by atoms with Crippen LogP contribution in [0.3, 0.4) is 0 Å². The minimum atomic E-state index is -0.222. The van der Waals surface area contributed by atoms with E-state index in [2.05, 4.69) is 26.5 Å². The van der Waals surface area contributed by atoms with Crippen molar-refractivity contribution in [2.24, 2.45) is 0 Å². The Bertz CT molecular complexity index is 1620. The maximum Gasteiger partial charge on any atom is 0.257 e. The number of nitrogens with one attached hydrogen (secondary N) is 2. The van der Waals surface area contributed by atoms with Crippen molar-refractivity contribution in [3.63, 3.8) is 0 Å². The second kappa shape index (κ2) is 10.4. The summed E-state index contributed by atoms with van der Waals surface area (Å²) in [6, 6.07) is 6.03. The number of carbonyl (C=O) groups is 2. The molecular formula is C29H34N8O4. The largest absolute Gasteiger partial charge is 0.381 e. The van der Waals surface area contributed by atoms with Gasteiger partial charge in [-0.05, 0) is 37.8 Å². The van der Waals surface area contributed by atoms with Gasteiger partial charge in [0, 0.05) is 75.8 Å². The molecule has 12 heteroatoms. The Balaban J connectivity index is 1.26. The maximum absolute atomic E-state index is 13.3. The molecule has 6 heterocycles. The minimum Gasteiger partial charge on any atom is -0.381 e. The molecule has 41 heavy (non-hydrogen) atoms. The molecule has 4 aromatic heterocycles. The summed E-state index contributed by atoms with van der Waals surface area (Å²) in [5.74, 6) is 0.657. The van der Waals surface area contributed by atoms with Crippen LogP contribution < -0.4 is 10.6 Å². The standard InChI is InChI=1S/C29H34N8O4/c1-30-25-13-23(33-28-20(14-32-37(25)28)29(39)34-22-5-6-24(22)40-2)21-16-36(27-19(21)4-3-9-31-27)18-12-26(38)35(15-18)17-7-10-41-11-8-17/h3-4,9,13-14,16-18,22,24,30H,5-8,10-12,15H2,1-2H3,(H,34,39)/t18-,22-,24-/m0/s1. The molecule has 0 aromatic carbocycles. The molecule has 7 rings (SSSR count). The number of ether oxygens (including phenoxy) is 2. The monoisotopic (exact) mass is 558 g/mol. The highest BCUT2D eigenvalue weighted by Gasteiger charge is 2.37. The Morgan fingerprint density at radius 3 is 2.76 bits per heavy atom. The number of amides is 2. The van der Waals surface area contributed by atoms with E-state index in [1.807, 2.05) is 30.1 Å². The predicted molar refractivity (Wildman–Crippen MR) is 152 cm³/mol. The molecular weight excluding hydrogens is 524 g/mol. The molecule has 3 atom stereocenters. The lowest BCUT2D eigenvalue weighted by Crippen LogP contribution is -2.51. The number of rotatable bonds is 7. The molecule has 2 amide bonds. The van der Waals surface area contributed by atoms with Crippen LogP contribution in [0.15, 0.2) is 36.8 Å². The number of aromatic nitrogens is 5. The number of hydrogen-bond donors (Lipinski definition) is 2. The molecule has 2 saturated heterocycles. The molecule has 12 nitrogen and oxygen atoms in total. The van der Waals surface area contributed by atoms with Gasteiger partial charge in [-0.3, -0.25) is 9.59 Å². The van der Waals surface area contributed by atoms with E-state index < -0.39 is 0 Å². The van der Waals surface area contributed by atoms with Crippen molar-refractivity contribution < 1.29 is 19.1 Å². The van der Waals surface area contributed by atoms with Gasteiger partial charge >= 0.3 is 0 Å². The van der Waals surface area contributed by atoms with Crippen molar-refractivity contribution in [1.29, 1.82) is 0 Å². The zero-order valence-electron chi connectivity index (χ0n) is 23.2. The fourth-order valence-electron chi connectivity index (χ4n) is 6.42. The van der Waals surface area contributed by atoms with Gasteiger partial charge in [-0.1, -0.05) is 0 Å². The Hall–Kier alpha value is -4.03. The van der Waals surface area contributed by atoms with Crippen LogP contribution >= 0.6 is 0 Å². The van der Waals surface area contributed by atoms with Crippen LogP contribution in [-0.2, 0) is 14.3 Å². The highest BCUT2D eigenvalue weighted by Crippen LogP contribution is 2.36. The maximum atomic E-state index is 13.3. The molecule has 1 aliphatic carbocycles. The van der Waals surface area contributed by atoms with E-state index in [0.29, 0.717) is 48.9 Å². The van der Waals surface area contributed by atoms with E-state index in [9.17, 15) is 9.59 Å². The Morgan fingerprint density at radius 1 is 1.15 bits per heavy atom. The summed E-state index contributed by atoms with van der Waals surface area (Å²) in [7, 11) is 3.48. The average molecular weight is 559 g/mol. The van der Waals surface area contributed by atoms with Gasteiger partial charge in [-0.25, -0.2) is 9.97 Å². The zero-order valence-corrected chi connectivity index (χ0v) is 23.2. The lowest BCUT2D eigenvalue weighted by Gasteiger charge is -2.35. The van der Waals surface area contributed by atoms with Crippen LogP contribution in [-0.4, -0.2) is 93.0 Å². The van der Waals surface area contributed by atoms with Crippen LogP contribution in [0.4, 0.5) is 5.82 Å². The third kappa shape index (κ3) is 4.41. The lowest BCUT2D eigenvalue weighted by molar-refractivity contribution is -0.131. The number of fused-ring (bicyclic) bond motifs is 2. The van der Waals surface area contributed by atoms with Gasteiger partial charge in [0.1, 0.15) is 17.0 Å². The van der Waals surface area contributed by atoms with Crippen LogP contribution in [0.1, 0.15) is 48.5 Å². The van der Waals surface area contributed by atoms with Crippen molar-refractivity contribution in [1.82, 2.24) is 34.4 Å². The average Bonchev–Trinajstić information content (AvgIpc) is 3.70. The van der Waals surface area contributed by atoms with Crippen LogP contribution in [0.25, 0.3) is 27.9 Å². The minimum absolute atomic E-state index is 0.0201. The fraction of sp³-hybridized carbons (Fsp3) is 0.483. The van der Waals surface area contributed by atoms with Gasteiger partial charge in [-0.15, -0.1) is 0 Å². The first kappa shape index (κ1) is 25.9. The SMILES string of the molecule is CNc1cc(-c2cn([C@H]3CC(=O)N(C4CCOCC4)C3)c3ncccc23)nc2c(C(=O)N[C@H]3CC[C@@H]3OC)cnn12. The quantitative estimate of drug-likeness (QED) is 0.354. The highest BCUT2D eigenvalue weighted by atomic mass is 16.5. The van der Waals surface area contributed by atoms with Gasteiger partial charge in [-0.2, -0.15) is 9.61 Å². The molecule has 3 fully saturated rings. The third-order valence-electron chi connectivity index (χ3n) is 8.83. The Morgan fingerprint density at radius 2 is 2.00 bits per heavy atom. The molecule has 0 bridgehead atoms. The van der Waals surface area contributed by atoms with Crippen molar-refractivity contribution in [2.75, 3.05) is 39.2 Å². The Kier molecular flexibility index (Phi) is 6.58. The van der Waals surface area contributed by atoms with Crippen molar-refractivity contribution in [2.45, 2.75) is 56.3 Å². The first-order valence-electron chi connectivity index (χ1n) is 14.3. The van der Waals surface area contributed by atoms with E-state index in [4.69, 9.17) is 19.4 Å². The van der Waals surface area contributed by atoms with Gasteiger partial charge in [0.25, 0.3) is 5.91 Å².